The molecule has 0 atom stereocenters. The summed E-state index contributed by atoms with van der Waals surface area (Å²) in [6, 6.07) is 62.7. The maximum absolute atomic E-state index is 6.71. The van der Waals surface area contributed by atoms with Crippen LogP contribution in [0.3, 0.4) is 0 Å². The van der Waals surface area contributed by atoms with Gasteiger partial charge in [-0.15, -0.1) is 0 Å². The van der Waals surface area contributed by atoms with E-state index >= 15 is 0 Å². The summed E-state index contributed by atoms with van der Waals surface area (Å²) < 4.78 is 6.71. The minimum absolute atomic E-state index is 0.870. The second-order valence-electron chi connectivity index (χ2n) is 11.8. The zero-order chi connectivity index (χ0) is 30.5. The van der Waals surface area contributed by atoms with Crippen molar-refractivity contribution < 1.29 is 4.42 Å². The summed E-state index contributed by atoms with van der Waals surface area (Å²) in [5, 5.41) is 7.03. The van der Waals surface area contributed by atoms with Gasteiger partial charge < -0.3 is 9.32 Å². The van der Waals surface area contributed by atoms with Gasteiger partial charge in [0, 0.05) is 16.8 Å². The summed E-state index contributed by atoms with van der Waals surface area (Å²) in [5.41, 5.74) is 9.65. The molecule has 0 amide bonds. The Balaban J connectivity index is 1.37. The minimum atomic E-state index is 0.870. The van der Waals surface area contributed by atoms with Crippen LogP contribution in [0, 0.1) is 0 Å². The Labute approximate surface area is 267 Å². The average molecular weight is 588 g/mol. The van der Waals surface area contributed by atoms with Crippen LogP contribution in [0.4, 0.5) is 17.1 Å². The molecule has 0 aliphatic rings. The fourth-order valence-corrected chi connectivity index (χ4v) is 6.80. The molecule has 0 N–H and O–H groups in total. The molecule has 46 heavy (non-hydrogen) atoms. The molecule has 0 radical (unpaired) electrons. The highest BCUT2D eigenvalue weighted by atomic mass is 16.3. The van der Waals surface area contributed by atoms with Crippen LogP contribution in [-0.2, 0) is 0 Å². The van der Waals surface area contributed by atoms with E-state index in [4.69, 9.17) is 4.42 Å². The molecule has 0 aliphatic heterocycles. The molecule has 9 rings (SSSR count). The third-order valence-electron chi connectivity index (χ3n) is 9.01. The number of benzene rings is 8. The summed E-state index contributed by atoms with van der Waals surface area (Å²) >= 11 is 0. The molecule has 8 aromatic carbocycles. The molecule has 9 aromatic rings. The Morgan fingerprint density at radius 2 is 0.935 bits per heavy atom. The summed E-state index contributed by atoms with van der Waals surface area (Å²) in [4.78, 5) is 2.40. The lowest BCUT2D eigenvalue weighted by atomic mass is 9.97. The van der Waals surface area contributed by atoms with Crippen LogP contribution in [0.2, 0.25) is 0 Å². The molecule has 0 bridgehead atoms. The van der Waals surface area contributed by atoms with Gasteiger partial charge in [0.2, 0.25) is 0 Å². The van der Waals surface area contributed by atoms with Gasteiger partial charge in [-0.2, -0.15) is 0 Å². The number of hydrogen-bond donors (Lipinski definition) is 0. The minimum Gasteiger partial charge on any atom is -0.456 e. The lowest BCUT2D eigenvalue weighted by molar-refractivity contribution is 0.669. The Morgan fingerprint density at radius 1 is 0.348 bits per heavy atom. The van der Waals surface area contributed by atoms with E-state index in [0.29, 0.717) is 0 Å². The predicted molar refractivity (Wildman–Crippen MR) is 194 cm³/mol. The topological polar surface area (TPSA) is 16.4 Å². The summed E-state index contributed by atoms with van der Waals surface area (Å²) in [7, 11) is 0. The molecular formula is C44H29NO. The molecule has 2 heteroatoms. The SMILES string of the molecule is c1ccc(-c2ccc(N(c3ccc4ccccc4c3)c3cc(-c4ccccc4)cc4oc5ccc6ccccc6c5c34)cc2)cc1. The van der Waals surface area contributed by atoms with Crippen LogP contribution in [0.5, 0.6) is 0 Å². The fourth-order valence-electron chi connectivity index (χ4n) is 6.80. The van der Waals surface area contributed by atoms with E-state index < -0.39 is 0 Å². The molecule has 1 aromatic heterocycles. The van der Waals surface area contributed by atoms with E-state index in [2.05, 4.69) is 181 Å². The fraction of sp³-hybridized carbons (Fsp3) is 0. The summed E-state index contributed by atoms with van der Waals surface area (Å²) in [6.07, 6.45) is 0. The van der Waals surface area contributed by atoms with Gasteiger partial charge in [-0.1, -0.05) is 133 Å². The molecule has 0 spiro atoms. The number of anilines is 3. The second-order valence-corrected chi connectivity index (χ2v) is 11.8. The Hall–Kier alpha value is -6.12. The number of fused-ring (bicyclic) bond motifs is 6. The largest absolute Gasteiger partial charge is 0.456 e. The van der Waals surface area contributed by atoms with E-state index in [9.17, 15) is 0 Å². The zero-order valence-electron chi connectivity index (χ0n) is 25.1. The maximum atomic E-state index is 6.71. The lowest BCUT2D eigenvalue weighted by Gasteiger charge is -2.27. The van der Waals surface area contributed by atoms with Crippen molar-refractivity contribution in [2.45, 2.75) is 0 Å². The molecular weight excluding hydrogens is 558 g/mol. The third kappa shape index (κ3) is 4.43. The first kappa shape index (κ1) is 26.3. The third-order valence-corrected chi connectivity index (χ3v) is 9.01. The van der Waals surface area contributed by atoms with Gasteiger partial charge in [-0.3, -0.25) is 0 Å². The van der Waals surface area contributed by atoms with Crippen LogP contribution in [0.25, 0.3) is 65.7 Å². The van der Waals surface area contributed by atoms with E-state index in [-0.39, 0.29) is 0 Å². The quantitative estimate of drug-likeness (QED) is 0.199. The van der Waals surface area contributed by atoms with Gasteiger partial charge >= 0.3 is 0 Å². The van der Waals surface area contributed by atoms with Crippen LogP contribution < -0.4 is 4.90 Å². The molecule has 0 unspecified atom stereocenters. The first-order valence-corrected chi connectivity index (χ1v) is 15.7. The van der Waals surface area contributed by atoms with Crippen molar-refractivity contribution in [3.05, 3.63) is 176 Å². The van der Waals surface area contributed by atoms with Gasteiger partial charge in [0.25, 0.3) is 0 Å². The molecule has 216 valence electrons. The highest BCUT2D eigenvalue weighted by Gasteiger charge is 2.22. The smallest absolute Gasteiger partial charge is 0.138 e. The second kappa shape index (κ2) is 10.8. The van der Waals surface area contributed by atoms with Gasteiger partial charge in [0.1, 0.15) is 11.2 Å². The first-order valence-electron chi connectivity index (χ1n) is 15.7. The number of furan rings is 1. The van der Waals surface area contributed by atoms with E-state index in [1.807, 2.05) is 0 Å². The van der Waals surface area contributed by atoms with Gasteiger partial charge in [0.05, 0.1) is 11.1 Å². The van der Waals surface area contributed by atoms with Gasteiger partial charge in [-0.05, 0) is 86.3 Å². The monoisotopic (exact) mass is 587 g/mol. The summed E-state index contributed by atoms with van der Waals surface area (Å²) in [6.45, 7) is 0. The highest BCUT2D eigenvalue weighted by molar-refractivity contribution is 6.24. The highest BCUT2D eigenvalue weighted by Crippen LogP contribution is 2.47. The Bertz CT molecular complexity index is 2510. The normalized spacial score (nSPS) is 11.5. The molecule has 0 saturated heterocycles. The van der Waals surface area contributed by atoms with Crippen LogP contribution in [0.1, 0.15) is 0 Å². The zero-order valence-corrected chi connectivity index (χ0v) is 25.1. The van der Waals surface area contributed by atoms with Crippen molar-refractivity contribution >= 4 is 60.5 Å². The molecule has 0 saturated carbocycles. The Morgan fingerprint density at radius 3 is 1.70 bits per heavy atom. The van der Waals surface area contributed by atoms with Crippen molar-refractivity contribution in [3.8, 4) is 22.3 Å². The van der Waals surface area contributed by atoms with Crippen molar-refractivity contribution in [3.63, 3.8) is 0 Å². The van der Waals surface area contributed by atoms with Gasteiger partial charge in [0.15, 0.2) is 0 Å². The number of nitrogens with zero attached hydrogens (tertiary/aromatic N) is 1. The van der Waals surface area contributed by atoms with E-state index in [1.165, 1.54) is 32.7 Å². The average Bonchev–Trinajstić information content (AvgIpc) is 3.52. The lowest BCUT2D eigenvalue weighted by Crippen LogP contribution is -2.10. The summed E-state index contributed by atoms with van der Waals surface area (Å²) in [5.74, 6) is 0. The number of hydrogen-bond acceptors (Lipinski definition) is 2. The molecule has 0 fully saturated rings. The van der Waals surface area contributed by atoms with E-state index in [1.54, 1.807) is 0 Å². The van der Waals surface area contributed by atoms with Crippen LogP contribution >= 0.6 is 0 Å². The van der Waals surface area contributed by atoms with Crippen molar-refractivity contribution in [1.29, 1.82) is 0 Å². The standard InChI is InChI=1S/C44H29NO/c1-3-11-30(12-4-1)33-19-23-37(24-20-33)45(38-25-21-32-15-7-8-17-35(32)27-38)40-28-36(31-13-5-2-6-14-31)29-42-44(40)43-39-18-10-9-16-34(39)22-26-41(43)46-42/h1-29H. The molecule has 1 heterocycles. The maximum Gasteiger partial charge on any atom is 0.138 e. The van der Waals surface area contributed by atoms with E-state index in [0.717, 1.165) is 50.1 Å². The molecule has 0 aliphatic carbocycles. The van der Waals surface area contributed by atoms with Crippen molar-refractivity contribution in [2.75, 3.05) is 4.90 Å². The van der Waals surface area contributed by atoms with Crippen molar-refractivity contribution in [1.82, 2.24) is 0 Å². The molecule has 2 nitrogen and oxygen atoms in total. The number of rotatable bonds is 5. The predicted octanol–water partition coefficient (Wildman–Crippen LogP) is 12.7. The van der Waals surface area contributed by atoms with Crippen LogP contribution in [0.15, 0.2) is 180 Å². The van der Waals surface area contributed by atoms with Crippen molar-refractivity contribution in [2.24, 2.45) is 0 Å². The Kier molecular flexibility index (Phi) is 6.17. The van der Waals surface area contributed by atoms with Crippen LogP contribution in [-0.4, -0.2) is 0 Å². The first-order chi connectivity index (χ1) is 22.8. The van der Waals surface area contributed by atoms with Gasteiger partial charge in [-0.25, -0.2) is 0 Å².